The Balaban J connectivity index is 1.34. The summed E-state index contributed by atoms with van der Waals surface area (Å²) in [6, 6.07) is 38.6. The Morgan fingerprint density at radius 2 is 1.08 bits per heavy atom. The molecule has 9 rings (SSSR count). The SMILES string of the molecule is [c-]1c2cccc1Oc1[c-]c(ccc1)CN1[C]3=[Pt]=[C]4N(C2)c2ccccc2N4C2CCCC2N3c2ccccc21. The van der Waals surface area contributed by atoms with E-state index >= 15 is 0 Å². The van der Waals surface area contributed by atoms with Gasteiger partial charge in [0.15, 0.2) is 0 Å². The summed E-state index contributed by atoms with van der Waals surface area (Å²) in [6.07, 6.45) is 3.70. The number of hydrogen-bond donors (Lipinski definition) is 0. The van der Waals surface area contributed by atoms with Crippen molar-refractivity contribution in [3.05, 3.63) is 108 Å². The second kappa shape index (κ2) is 8.40. The fourth-order valence-electron chi connectivity index (χ4n) is 6.82. The second-order valence-corrected chi connectivity index (χ2v) is 13.3. The van der Waals surface area contributed by atoms with Crippen molar-refractivity contribution in [2.45, 2.75) is 44.4 Å². The van der Waals surface area contributed by atoms with E-state index in [0.717, 1.165) is 35.7 Å². The van der Waals surface area contributed by atoms with Gasteiger partial charge in [-0.25, -0.2) is 0 Å². The molecule has 4 aromatic carbocycles. The third-order valence-electron chi connectivity index (χ3n) is 8.43. The normalized spacial score (nSPS) is 22.4. The van der Waals surface area contributed by atoms with Crippen molar-refractivity contribution >= 4 is 31.0 Å². The van der Waals surface area contributed by atoms with Crippen LogP contribution in [-0.4, -0.2) is 20.4 Å². The van der Waals surface area contributed by atoms with Crippen molar-refractivity contribution in [2.75, 3.05) is 19.6 Å². The van der Waals surface area contributed by atoms with Crippen molar-refractivity contribution < 1.29 is 22.4 Å². The second-order valence-electron chi connectivity index (χ2n) is 10.7. The average Bonchev–Trinajstić information content (AvgIpc) is 3.60. The van der Waals surface area contributed by atoms with Crippen LogP contribution >= 0.6 is 0 Å². The Hall–Kier alpha value is -3.69. The van der Waals surface area contributed by atoms with Crippen LogP contribution in [0.3, 0.4) is 0 Å². The van der Waals surface area contributed by atoms with Gasteiger partial charge in [-0.2, -0.15) is 0 Å². The molecule has 1 aliphatic carbocycles. The summed E-state index contributed by atoms with van der Waals surface area (Å²) in [5.74, 6) is 1.48. The van der Waals surface area contributed by atoms with E-state index in [-0.39, 0.29) is 0 Å². The molecule has 2 atom stereocenters. The standard InChI is InChI=1S/C33H26N4O.Pt/c1-3-14-30-28(12-1)34-20-24-8-5-10-26(18-24)38-27-11-6-9-25(19-27)21-35-23-37(31-15-4-2-13-29(31)35)33-17-7-16-32(33)36(30)22-34;/h1-6,8-15,32-33H,7,16-17,20-21H2;/q-2;. The van der Waals surface area contributed by atoms with E-state index < -0.39 is 17.6 Å². The summed E-state index contributed by atoms with van der Waals surface area (Å²) in [5.41, 5.74) is 7.63. The van der Waals surface area contributed by atoms with Gasteiger partial charge in [-0.15, -0.1) is 0 Å². The molecular weight excluding hydrogens is 663 g/mol. The van der Waals surface area contributed by atoms with Crippen LogP contribution in [0.15, 0.2) is 84.9 Å². The zero-order valence-electron chi connectivity index (χ0n) is 21.3. The van der Waals surface area contributed by atoms with Gasteiger partial charge >= 0.3 is 237 Å². The molecule has 2 unspecified atom stereocenters. The molecule has 0 saturated heterocycles. The molecule has 5 aliphatic rings. The van der Waals surface area contributed by atoms with E-state index in [1.54, 1.807) is 0 Å². The molecule has 1 saturated carbocycles. The van der Waals surface area contributed by atoms with Gasteiger partial charge in [-0.05, 0) is 0 Å². The summed E-state index contributed by atoms with van der Waals surface area (Å²) in [6.45, 7) is 1.56. The Morgan fingerprint density at radius 3 is 1.59 bits per heavy atom. The van der Waals surface area contributed by atoms with Crippen LogP contribution < -0.4 is 24.3 Å². The first kappa shape index (κ1) is 22.2. The number of nitrogens with zero attached hydrogens (tertiary/aromatic N) is 4. The van der Waals surface area contributed by atoms with Gasteiger partial charge in [0.25, 0.3) is 0 Å². The molecule has 0 N–H and O–H groups in total. The monoisotopic (exact) mass is 689 g/mol. The zero-order valence-corrected chi connectivity index (χ0v) is 23.6. The van der Waals surface area contributed by atoms with Crippen LogP contribution in [0, 0.1) is 12.1 Å². The van der Waals surface area contributed by atoms with Gasteiger partial charge in [-0.3, -0.25) is 0 Å². The van der Waals surface area contributed by atoms with Gasteiger partial charge in [0.1, 0.15) is 0 Å². The number of para-hydroxylation sites is 4. The first-order chi connectivity index (χ1) is 19.3. The number of ether oxygens (including phenoxy) is 1. The first-order valence-corrected chi connectivity index (χ1v) is 15.9. The van der Waals surface area contributed by atoms with Crippen LogP contribution in [0.5, 0.6) is 11.5 Å². The number of fused-ring (bicyclic) bond motifs is 13. The van der Waals surface area contributed by atoms with Gasteiger partial charge in [-0.1, -0.05) is 0 Å². The zero-order chi connectivity index (χ0) is 25.5. The van der Waals surface area contributed by atoms with Gasteiger partial charge < -0.3 is 0 Å². The summed E-state index contributed by atoms with van der Waals surface area (Å²) in [7, 11) is 0. The summed E-state index contributed by atoms with van der Waals surface area (Å²) >= 11 is -0.530. The predicted octanol–water partition coefficient (Wildman–Crippen LogP) is 5.94. The molecule has 4 aromatic rings. The Kier molecular flexibility index (Phi) is 4.77. The molecule has 0 amide bonds. The molecule has 4 heterocycles. The molecule has 6 heteroatoms. The topological polar surface area (TPSA) is 22.2 Å². The number of anilines is 4. The van der Waals surface area contributed by atoms with Crippen LogP contribution in [-0.2, 0) is 30.7 Å². The van der Waals surface area contributed by atoms with Crippen LogP contribution in [0.25, 0.3) is 0 Å². The number of hydrogen-bond acceptors (Lipinski definition) is 5. The van der Waals surface area contributed by atoms with E-state index in [1.807, 2.05) is 12.1 Å². The van der Waals surface area contributed by atoms with E-state index in [4.69, 9.17) is 4.74 Å². The molecule has 4 aliphatic heterocycles. The predicted molar refractivity (Wildman–Crippen MR) is 152 cm³/mol. The van der Waals surface area contributed by atoms with Crippen LogP contribution in [0.4, 0.5) is 22.7 Å². The summed E-state index contributed by atoms with van der Waals surface area (Å²) in [5, 5.41) is 0. The van der Waals surface area contributed by atoms with Gasteiger partial charge in [0.2, 0.25) is 0 Å². The van der Waals surface area contributed by atoms with E-state index in [0.29, 0.717) is 12.1 Å². The minimum absolute atomic E-state index is 0.459. The fourth-order valence-corrected chi connectivity index (χ4v) is 10.6. The summed E-state index contributed by atoms with van der Waals surface area (Å²) < 4.78 is 9.27. The maximum absolute atomic E-state index is 6.31. The third kappa shape index (κ3) is 3.29. The Labute approximate surface area is 236 Å². The third-order valence-corrected chi connectivity index (χ3v) is 11.8. The van der Waals surface area contributed by atoms with Crippen molar-refractivity contribution in [3.8, 4) is 11.5 Å². The molecule has 0 radical (unpaired) electrons. The number of rotatable bonds is 0. The van der Waals surface area contributed by atoms with E-state index in [2.05, 4.69) is 105 Å². The van der Waals surface area contributed by atoms with Crippen molar-refractivity contribution in [2.24, 2.45) is 0 Å². The van der Waals surface area contributed by atoms with Crippen LogP contribution in [0.2, 0.25) is 0 Å². The molecule has 1 fully saturated rings. The average molecular weight is 690 g/mol. The molecule has 39 heavy (non-hydrogen) atoms. The van der Waals surface area contributed by atoms with Crippen molar-refractivity contribution in [1.82, 2.24) is 0 Å². The first-order valence-electron chi connectivity index (χ1n) is 13.7. The molecule has 6 bridgehead atoms. The van der Waals surface area contributed by atoms with Crippen molar-refractivity contribution in [3.63, 3.8) is 0 Å². The number of benzene rings is 4. The molecule has 196 valence electrons. The quantitative estimate of drug-likeness (QED) is 0.213. The van der Waals surface area contributed by atoms with E-state index in [1.165, 1.54) is 50.3 Å². The minimum atomic E-state index is -0.530. The summed E-state index contributed by atoms with van der Waals surface area (Å²) in [4.78, 5) is 10.7. The molecule has 0 aromatic heterocycles. The van der Waals surface area contributed by atoms with E-state index in [9.17, 15) is 0 Å². The molecule has 5 nitrogen and oxygen atoms in total. The maximum atomic E-state index is 6.31. The van der Waals surface area contributed by atoms with Crippen molar-refractivity contribution in [1.29, 1.82) is 0 Å². The van der Waals surface area contributed by atoms with Crippen LogP contribution in [0.1, 0.15) is 30.4 Å². The Morgan fingerprint density at radius 1 is 0.590 bits per heavy atom. The van der Waals surface area contributed by atoms with Gasteiger partial charge in [0.05, 0.1) is 0 Å². The molecule has 0 spiro atoms. The Bertz CT molecular complexity index is 1610. The van der Waals surface area contributed by atoms with Gasteiger partial charge in [0, 0.05) is 0 Å². The fraction of sp³-hybridized carbons (Fsp3) is 0.212. The molecular formula is C33H26N4OPt-2.